The second kappa shape index (κ2) is 9.69. The summed E-state index contributed by atoms with van der Waals surface area (Å²) < 4.78 is 39.5. The Morgan fingerprint density at radius 1 is 1.17 bits per heavy atom. The molecule has 7 nitrogen and oxygen atoms in total. The number of aromatic nitrogens is 3. The number of nitrogens with zero attached hydrogens (tertiary/aromatic N) is 5. The average Bonchev–Trinajstić information content (AvgIpc) is 3.35. The van der Waals surface area contributed by atoms with Crippen LogP contribution in [0.15, 0.2) is 36.1 Å². The monoisotopic (exact) mass is 504 g/mol. The van der Waals surface area contributed by atoms with E-state index in [9.17, 15) is 18.0 Å². The molecule has 0 unspecified atom stereocenters. The number of halogens is 3. The Kier molecular flexibility index (Phi) is 6.63. The van der Waals surface area contributed by atoms with Gasteiger partial charge >= 0.3 is 6.18 Å². The number of benzene rings is 1. The van der Waals surface area contributed by atoms with E-state index in [1.807, 2.05) is 11.6 Å². The first-order chi connectivity index (χ1) is 16.8. The lowest BCUT2D eigenvalue weighted by Crippen LogP contribution is -2.63. The first-order valence-electron chi connectivity index (χ1n) is 11.7. The van der Waals surface area contributed by atoms with E-state index in [4.69, 9.17) is 0 Å². The fourth-order valence-electron chi connectivity index (χ4n) is 5.11. The fraction of sp³-hybridized carbons (Fsp3) is 0.500. The molecule has 5 rings (SSSR count). The predicted molar refractivity (Wildman–Crippen MR) is 128 cm³/mol. The number of hydrogen-bond acceptors (Lipinski definition) is 7. The Hall–Kier alpha value is -2.79. The van der Waals surface area contributed by atoms with Crippen LogP contribution in [0, 0.1) is 0 Å². The highest BCUT2D eigenvalue weighted by Gasteiger charge is 2.36. The van der Waals surface area contributed by atoms with Gasteiger partial charge in [0.15, 0.2) is 0 Å². The van der Waals surface area contributed by atoms with E-state index in [1.54, 1.807) is 23.3 Å². The summed E-state index contributed by atoms with van der Waals surface area (Å²) in [5.74, 6) is 0.690. The van der Waals surface area contributed by atoms with E-state index >= 15 is 0 Å². The molecular weight excluding hydrogens is 477 g/mol. The highest BCUT2D eigenvalue weighted by atomic mass is 32.1. The molecule has 1 aromatic carbocycles. The minimum atomic E-state index is -4.46. The molecule has 35 heavy (non-hydrogen) atoms. The summed E-state index contributed by atoms with van der Waals surface area (Å²) in [4.78, 5) is 29.3. The van der Waals surface area contributed by atoms with E-state index in [2.05, 4.69) is 25.2 Å². The van der Waals surface area contributed by atoms with Gasteiger partial charge in [-0.3, -0.25) is 9.69 Å². The van der Waals surface area contributed by atoms with Crippen molar-refractivity contribution in [2.45, 2.75) is 49.9 Å². The quantitative estimate of drug-likeness (QED) is 0.546. The van der Waals surface area contributed by atoms with Crippen LogP contribution in [-0.4, -0.2) is 64.5 Å². The zero-order valence-corrected chi connectivity index (χ0v) is 20.1. The number of likely N-dealkylation sites (N-methyl/N-ethyl adjacent to an activating group) is 1. The molecular formula is C24H27F3N6OS. The van der Waals surface area contributed by atoms with Gasteiger partial charge in [-0.1, -0.05) is 0 Å². The van der Waals surface area contributed by atoms with Crippen molar-refractivity contribution in [1.82, 2.24) is 25.2 Å². The number of thiazole rings is 1. The summed E-state index contributed by atoms with van der Waals surface area (Å²) in [7, 11) is 1.65. The normalized spacial score (nSPS) is 21.6. The Bertz CT molecular complexity index is 1170. The number of nitrogens with one attached hydrogen (secondary N) is 1. The second-order valence-electron chi connectivity index (χ2n) is 9.38. The summed E-state index contributed by atoms with van der Waals surface area (Å²) in [5, 5.41) is 6.59. The lowest BCUT2D eigenvalue weighted by atomic mass is 9.84. The van der Waals surface area contributed by atoms with Gasteiger partial charge in [0, 0.05) is 49.1 Å². The van der Waals surface area contributed by atoms with Crippen molar-refractivity contribution in [1.29, 1.82) is 0 Å². The first-order valence-corrected chi connectivity index (χ1v) is 12.6. The molecule has 2 fully saturated rings. The van der Waals surface area contributed by atoms with Crippen LogP contribution in [0.25, 0.3) is 10.9 Å². The third-order valence-electron chi connectivity index (χ3n) is 6.97. The summed E-state index contributed by atoms with van der Waals surface area (Å²) >= 11 is 1.74. The minimum Gasteiger partial charge on any atom is -0.350 e. The highest BCUT2D eigenvalue weighted by Crippen LogP contribution is 2.37. The van der Waals surface area contributed by atoms with E-state index in [-0.39, 0.29) is 23.9 Å². The number of hydrogen-bond donors (Lipinski definition) is 1. The average molecular weight is 505 g/mol. The Morgan fingerprint density at radius 2 is 1.94 bits per heavy atom. The Labute approximate surface area is 205 Å². The van der Waals surface area contributed by atoms with Crippen LogP contribution in [0.4, 0.5) is 19.0 Å². The maximum absolute atomic E-state index is 13.2. The predicted octanol–water partition coefficient (Wildman–Crippen LogP) is 4.07. The van der Waals surface area contributed by atoms with Crippen molar-refractivity contribution >= 4 is 34.0 Å². The first kappa shape index (κ1) is 23.9. The SMILES string of the molecule is CN(CC(=O)NC1CN(C2CCC(c3nccs3)CC2)C1)c1ncnc2ccc(C(F)(F)F)cc12. The van der Waals surface area contributed by atoms with E-state index in [0.29, 0.717) is 23.3 Å². The molecule has 0 bridgehead atoms. The van der Waals surface area contributed by atoms with Crippen LogP contribution >= 0.6 is 11.3 Å². The zero-order valence-electron chi connectivity index (χ0n) is 19.3. The van der Waals surface area contributed by atoms with E-state index < -0.39 is 11.7 Å². The number of rotatable bonds is 6. The molecule has 2 aliphatic rings. The lowest BCUT2D eigenvalue weighted by molar-refractivity contribution is -0.137. The van der Waals surface area contributed by atoms with Crippen molar-refractivity contribution in [2.75, 3.05) is 31.6 Å². The fourth-order valence-corrected chi connectivity index (χ4v) is 5.92. The number of fused-ring (bicyclic) bond motifs is 1. The minimum absolute atomic E-state index is 0.00220. The van der Waals surface area contributed by atoms with Gasteiger partial charge in [-0.2, -0.15) is 13.2 Å². The molecule has 0 atom stereocenters. The van der Waals surface area contributed by atoms with Crippen molar-refractivity contribution < 1.29 is 18.0 Å². The molecule has 1 aliphatic heterocycles. The Morgan fingerprint density at radius 3 is 2.63 bits per heavy atom. The molecule has 1 amide bonds. The number of carbonyl (C=O) groups excluding carboxylic acids is 1. The number of anilines is 1. The largest absolute Gasteiger partial charge is 0.416 e. The van der Waals surface area contributed by atoms with Gasteiger partial charge in [0.1, 0.15) is 12.1 Å². The van der Waals surface area contributed by atoms with Gasteiger partial charge in [0.25, 0.3) is 0 Å². The van der Waals surface area contributed by atoms with Crippen molar-refractivity contribution in [3.8, 4) is 0 Å². The number of carbonyl (C=O) groups is 1. The molecule has 0 radical (unpaired) electrons. The molecule has 0 spiro atoms. The van der Waals surface area contributed by atoms with Crippen LogP contribution in [0.5, 0.6) is 0 Å². The van der Waals surface area contributed by atoms with Crippen molar-refractivity contribution in [2.24, 2.45) is 0 Å². The molecule has 1 N–H and O–H groups in total. The topological polar surface area (TPSA) is 74.2 Å². The van der Waals surface area contributed by atoms with Gasteiger partial charge in [-0.15, -0.1) is 11.3 Å². The number of likely N-dealkylation sites (tertiary alicyclic amines) is 1. The molecule has 1 aliphatic carbocycles. The van der Waals surface area contributed by atoms with E-state index in [0.717, 1.165) is 50.9 Å². The van der Waals surface area contributed by atoms with Crippen molar-refractivity contribution in [3.63, 3.8) is 0 Å². The summed E-state index contributed by atoms with van der Waals surface area (Å²) in [6.07, 6.45) is 3.31. The van der Waals surface area contributed by atoms with Crippen LogP contribution in [0.1, 0.15) is 42.2 Å². The maximum atomic E-state index is 13.2. The molecule has 186 valence electrons. The standard InChI is InChI=1S/C24H27F3N6OS/c1-32(22-19-10-16(24(25,26)27)4-7-20(19)29-14-30-22)13-21(34)31-17-11-33(12-17)18-5-2-15(3-6-18)23-28-8-9-35-23/h4,7-10,14-15,17-18H,2-3,5-6,11-13H2,1H3,(H,31,34). The zero-order chi connectivity index (χ0) is 24.6. The second-order valence-corrected chi connectivity index (χ2v) is 10.3. The van der Waals surface area contributed by atoms with Gasteiger partial charge in [0.2, 0.25) is 5.91 Å². The molecule has 3 aromatic rings. The number of alkyl halides is 3. The smallest absolute Gasteiger partial charge is 0.350 e. The third-order valence-corrected chi connectivity index (χ3v) is 7.91. The summed E-state index contributed by atoms with van der Waals surface area (Å²) in [5.41, 5.74) is -0.372. The molecule has 2 aromatic heterocycles. The van der Waals surface area contributed by atoms with Crippen LogP contribution in [0.3, 0.4) is 0 Å². The number of amides is 1. The molecule has 1 saturated carbocycles. The van der Waals surface area contributed by atoms with Gasteiger partial charge in [-0.25, -0.2) is 15.0 Å². The Balaban J connectivity index is 1.12. The summed E-state index contributed by atoms with van der Waals surface area (Å²) in [6.45, 7) is 1.65. The molecule has 1 saturated heterocycles. The van der Waals surface area contributed by atoms with Crippen LogP contribution in [0.2, 0.25) is 0 Å². The van der Waals surface area contributed by atoms with Gasteiger partial charge < -0.3 is 10.2 Å². The van der Waals surface area contributed by atoms with Gasteiger partial charge in [0.05, 0.1) is 28.7 Å². The van der Waals surface area contributed by atoms with E-state index in [1.165, 1.54) is 17.4 Å². The highest BCUT2D eigenvalue weighted by molar-refractivity contribution is 7.09. The molecule has 11 heteroatoms. The molecule has 3 heterocycles. The summed E-state index contributed by atoms with van der Waals surface area (Å²) in [6, 6.07) is 4.00. The lowest BCUT2D eigenvalue weighted by Gasteiger charge is -2.46. The van der Waals surface area contributed by atoms with Crippen molar-refractivity contribution in [3.05, 3.63) is 46.7 Å². The third kappa shape index (κ3) is 5.25. The van der Waals surface area contributed by atoms with Gasteiger partial charge in [-0.05, 0) is 43.9 Å². The van der Waals surface area contributed by atoms with Crippen LogP contribution < -0.4 is 10.2 Å². The maximum Gasteiger partial charge on any atom is 0.416 e. The van der Waals surface area contributed by atoms with Crippen LogP contribution in [-0.2, 0) is 11.0 Å².